The molecule has 2 aromatic carbocycles. The molecule has 2 aromatic rings. The van der Waals surface area contributed by atoms with Crippen molar-refractivity contribution >= 4 is 27.7 Å². The number of hydrogen-bond acceptors (Lipinski definition) is 4. The first-order valence-corrected chi connectivity index (χ1v) is 10.2. The standard InChI is InChI=1S/C22H27BrN2O4/c1-15(2)24-22(27)16(3)25(13-17-8-7-9-18(23)12-17)21(26)14-29-20-11-6-5-10-19(20)28-4/h5-12,15-16H,13-14H2,1-4H3,(H,24,27)/t16-/m0/s1. The van der Waals surface area contributed by atoms with Gasteiger partial charge < -0.3 is 19.7 Å². The van der Waals surface area contributed by atoms with Gasteiger partial charge in [-0.05, 0) is 50.6 Å². The molecule has 0 unspecified atom stereocenters. The van der Waals surface area contributed by atoms with Crippen LogP contribution in [0, 0.1) is 0 Å². The first kappa shape index (κ1) is 22.7. The quantitative estimate of drug-likeness (QED) is 0.615. The molecule has 1 atom stereocenters. The van der Waals surface area contributed by atoms with Crippen LogP contribution in [0.2, 0.25) is 0 Å². The number of halogens is 1. The Hall–Kier alpha value is -2.54. The molecule has 0 bridgehead atoms. The SMILES string of the molecule is COc1ccccc1OCC(=O)N(Cc1cccc(Br)c1)[C@@H](C)C(=O)NC(C)C. The van der Waals surface area contributed by atoms with Gasteiger partial charge >= 0.3 is 0 Å². The molecule has 0 aliphatic carbocycles. The van der Waals surface area contributed by atoms with E-state index in [4.69, 9.17) is 9.47 Å². The van der Waals surface area contributed by atoms with Crippen molar-refractivity contribution in [3.63, 3.8) is 0 Å². The van der Waals surface area contributed by atoms with Gasteiger partial charge in [-0.25, -0.2) is 0 Å². The van der Waals surface area contributed by atoms with Gasteiger partial charge in [-0.15, -0.1) is 0 Å². The number of carbonyl (C=O) groups is 2. The summed E-state index contributed by atoms with van der Waals surface area (Å²) in [5.74, 6) is 0.525. The third-order valence-corrected chi connectivity index (χ3v) is 4.75. The van der Waals surface area contributed by atoms with Gasteiger partial charge in [0.1, 0.15) is 6.04 Å². The molecule has 6 nitrogen and oxygen atoms in total. The van der Waals surface area contributed by atoms with E-state index in [1.165, 1.54) is 4.90 Å². The molecular formula is C22H27BrN2O4. The number of nitrogens with one attached hydrogen (secondary N) is 1. The van der Waals surface area contributed by atoms with Gasteiger partial charge in [-0.2, -0.15) is 0 Å². The minimum absolute atomic E-state index is 0.0161. The largest absolute Gasteiger partial charge is 0.493 e. The summed E-state index contributed by atoms with van der Waals surface area (Å²) in [5, 5.41) is 2.86. The van der Waals surface area contributed by atoms with Crippen molar-refractivity contribution in [1.29, 1.82) is 0 Å². The molecule has 0 saturated heterocycles. The Bertz CT molecular complexity index is 841. The average molecular weight is 463 g/mol. The van der Waals surface area contributed by atoms with Crippen LogP contribution in [0.1, 0.15) is 26.3 Å². The van der Waals surface area contributed by atoms with Crippen LogP contribution in [-0.4, -0.2) is 42.5 Å². The Kier molecular flexibility index (Phi) is 8.51. The zero-order chi connectivity index (χ0) is 21.4. The van der Waals surface area contributed by atoms with Crippen LogP contribution in [0.3, 0.4) is 0 Å². The smallest absolute Gasteiger partial charge is 0.261 e. The lowest BCUT2D eigenvalue weighted by molar-refractivity contribution is -0.142. The number of nitrogens with zero attached hydrogens (tertiary/aromatic N) is 1. The highest BCUT2D eigenvalue weighted by Gasteiger charge is 2.27. The van der Waals surface area contributed by atoms with Gasteiger partial charge in [0.15, 0.2) is 18.1 Å². The molecule has 156 valence electrons. The predicted molar refractivity (Wildman–Crippen MR) is 116 cm³/mol. The Morgan fingerprint density at radius 1 is 1.07 bits per heavy atom. The van der Waals surface area contributed by atoms with E-state index >= 15 is 0 Å². The summed E-state index contributed by atoms with van der Waals surface area (Å²) >= 11 is 3.44. The van der Waals surface area contributed by atoms with E-state index in [0.29, 0.717) is 18.0 Å². The summed E-state index contributed by atoms with van der Waals surface area (Å²) < 4.78 is 11.9. The molecule has 2 rings (SSSR count). The molecule has 0 saturated carbocycles. The monoisotopic (exact) mass is 462 g/mol. The number of ether oxygens (including phenoxy) is 2. The highest BCUT2D eigenvalue weighted by Crippen LogP contribution is 2.26. The van der Waals surface area contributed by atoms with Gasteiger partial charge in [0.25, 0.3) is 5.91 Å². The van der Waals surface area contributed by atoms with Crippen LogP contribution in [0.4, 0.5) is 0 Å². The normalized spacial score (nSPS) is 11.7. The van der Waals surface area contributed by atoms with E-state index in [1.807, 2.05) is 44.2 Å². The molecule has 0 heterocycles. The summed E-state index contributed by atoms with van der Waals surface area (Å²) in [5.41, 5.74) is 0.911. The fraction of sp³-hybridized carbons (Fsp3) is 0.364. The van der Waals surface area contributed by atoms with Crippen molar-refractivity contribution in [3.05, 3.63) is 58.6 Å². The molecule has 29 heavy (non-hydrogen) atoms. The maximum absolute atomic E-state index is 13.0. The lowest BCUT2D eigenvalue weighted by Gasteiger charge is -2.29. The molecule has 0 spiro atoms. The third-order valence-electron chi connectivity index (χ3n) is 4.26. The molecule has 0 aromatic heterocycles. The van der Waals surface area contributed by atoms with Crippen molar-refractivity contribution in [2.75, 3.05) is 13.7 Å². The minimum atomic E-state index is -0.648. The van der Waals surface area contributed by atoms with Crippen LogP contribution >= 0.6 is 15.9 Å². The summed E-state index contributed by atoms with van der Waals surface area (Å²) in [6.07, 6.45) is 0. The van der Waals surface area contributed by atoms with Crippen molar-refractivity contribution in [2.24, 2.45) is 0 Å². The van der Waals surface area contributed by atoms with Gasteiger partial charge in [0.2, 0.25) is 5.91 Å². The molecule has 2 amide bonds. The number of hydrogen-bond donors (Lipinski definition) is 1. The van der Waals surface area contributed by atoms with Crippen LogP contribution in [0.25, 0.3) is 0 Å². The van der Waals surface area contributed by atoms with Crippen LogP contribution < -0.4 is 14.8 Å². The van der Waals surface area contributed by atoms with Gasteiger partial charge in [-0.3, -0.25) is 9.59 Å². The van der Waals surface area contributed by atoms with Crippen LogP contribution in [0.5, 0.6) is 11.5 Å². The number of benzene rings is 2. The Morgan fingerprint density at radius 2 is 1.76 bits per heavy atom. The summed E-state index contributed by atoms with van der Waals surface area (Å²) in [4.78, 5) is 27.1. The van der Waals surface area contributed by atoms with Crippen molar-refractivity contribution in [1.82, 2.24) is 10.2 Å². The van der Waals surface area contributed by atoms with Crippen molar-refractivity contribution in [2.45, 2.75) is 39.4 Å². The first-order chi connectivity index (χ1) is 13.8. The summed E-state index contributed by atoms with van der Waals surface area (Å²) in [6.45, 7) is 5.58. The highest BCUT2D eigenvalue weighted by molar-refractivity contribution is 9.10. The highest BCUT2D eigenvalue weighted by atomic mass is 79.9. The lowest BCUT2D eigenvalue weighted by atomic mass is 10.1. The molecular weight excluding hydrogens is 436 g/mol. The number of carbonyl (C=O) groups excluding carboxylic acids is 2. The van der Waals surface area contributed by atoms with Crippen molar-refractivity contribution in [3.8, 4) is 11.5 Å². The zero-order valence-electron chi connectivity index (χ0n) is 17.1. The number of para-hydroxylation sites is 2. The molecule has 0 fully saturated rings. The van der Waals surface area contributed by atoms with Gasteiger partial charge in [0, 0.05) is 17.1 Å². The van der Waals surface area contributed by atoms with E-state index in [1.54, 1.807) is 32.2 Å². The zero-order valence-corrected chi connectivity index (χ0v) is 18.7. The fourth-order valence-corrected chi connectivity index (χ4v) is 3.23. The average Bonchev–Trinajstić information content (AvgIpc) is 2.69. The Balaban J connectivity index is 2.18. The molecule has 1 N–H and O–H groups in total. The first-order valence-electron chi connectivity index (χ1n) is 9.42. The second-order valence-electron chi connectivity index (χ2n) is 6.93. The fourth-order valence-electron chi connectivity index (χ4n) is 2.78. The second-order valence-corrected chi connectivity index (χ2v) is 7.85. The van der Waals surface area contributed by atoms with Crippen LogP contribution in [-0.2, 0) is 16.1 Å². The second kappa shape index (κ2) is 10.9. The van der Waals surface area contributed by atoms with E-state index in [9.17, 15) is 9.59 Å². The van der Waals surface area contributed by atoms with Crippen molar-refractivity contribution < 1.29 is 19.1 Å². The molecule has 7 heteroatoms. The van der Waals surface area contributed by atoms with Gasteiger partial charge in [-0.1, -0.05) is 40.2 Å². The maximum atomic E-state index is 13.0. The molecule has 0 radical (unpaired) electrons. The third kappa shape index (κ3) is 6.78. The van der Waals surface area contributed by atoms with E-state index in [0.717, 1.165) is 10.0 Å². The van der Waals surface area contributed by atoms with E-state index < -0.39 is 6.04 Å². The van der Waals surface area contributed by atoms with E-state index in [2.05, 4.69) is 21.2 Å². The number of amides is 2. The molecule has 0 aliphatic rings. The topological polar surface area (TPSA) is 67.9 Å². The molecule has 0 aliphatic heterocycles. The maximum Gasteiger partial charge on any atom is 0.261 e. The van der Waals surface area contributed by atoms with Crippen LogP contribution in [0.15, 0.2) is 53.0 Å². The number of methoxy groups -OCH3 is 1. The lowest BCUT2D eigenvalue weighted by Crippen LogP contribution is -2.50. The minimum Gasteiger partial charge on any atom is -0.493 e. The summed E-state index contributed by atoms with van der Waals surface area (Å²) in [7, 11) is 1.54. The number of rotatable bonds is 9. The Labute approximate surface area is 180 Å². The predicted octanol–water partition coefficient (Wildman–Crippen LogP) is 3.78. The Morgan fingerprint density at radius 3 is 2.38 bits per heavy atom. The van der Waals surface area contributed by atoms with E-state index in [-0.39, 0.29) is 24.5 Å². The summed E-state index contributed by atoms with van der Waals surface area (Å²) in [6, 6.07) is 14.1. The van der Waals surface area contributed by atoms with Gasteiger partial charge in [0.05, 0.1) is 7.11 Å².